The normalized spacial score (nSPS) is 25.1. The van der Waals surface area contributed by atoms with E-state index in [2.05, 4.69) is 41.5 Å². The summed E-state index contributed by atoms with van der Waals surface area (Å²) in [5, 5.41) is 45.5. The number of phenolic OH excluding ortho intramolecular Hbond substituents is 1. The largest absolute Gasteiger partial charge is 0.508 e. The number of carboxylic acids is 1. The Labute approximate surface area is 695 Å². The highest BCUT2D eigenvalue weighted by Gasteiger charge is 2.44. The highest BCUT2D eigenvalue weighted by molar-refractivity contribution is 7.99. The van der Waals surface area contributed by atoms with Gasteiger partial charge in [0.15, 0.2) is 34.9 Å². The van der Waals surface area contributed by atoms with E-state index >= 15 is 19.2 Å². The van der Waals surface area contributed by atoms with E-state index < -0.39 is 199 Å². The van der Waals surface area contributed by atoms with Crippen LogP contribution in [0.5, 0.6) is 5.75 Å². The predicted molar refractivity (Wildman–Crippen MR) is 444 cm³/mol. The molecule has 3 aliphatic heterocycles. The smallest absolute Gasteiger partial charge is 0.304 e. The van der Waals surface area contributed by atoms with Crippen LogP contribution in [0.1, 0.15) is 171 Å². The average Bonchev–Trinajstić information content (AvgIpc) is 0.822. The molecule has 0 aliphatic carbocycles. The number of nitrogens with zero attached hydrogens (tertiary/aromatic N) is 3. The Morgan fingerprint density at radius 2 is 1.14 bits per heavy atom. The van der Waals surface area contributed by atoms with E-state index in [1.807, 2.05) is 18.2 Å². The number of nitrogens with one attached hydrogen (secondary N) is 6. The summed E-state index contributed by atoms with van der Waals surface area (Å²) in [6.45, 7) is 7.41. The third-order valence-electron chi connectivity index (χ3n) is 21.2. The van der Waals surface area contributed by atoms with Crippen molar-refractivity contribution in [1.82, 2.24) is 41.5 Å². The number of hydrogen-bond acceptors (Lipinski definition) is 22. The number of aliphatic imine (C=N–C) groups is 1. The van der Waals surface area contributed by atoms with Crippen molar-refractivity contribution >= 4 is 129 Å². The molecule has 0 saturated carbocycles. The van der Waals surface area contributed by atoms with Crippen LogP contribution in [0.25, 0.3) is 0 Å². The number of rotatable bonds is 22. The third-order valence-corrected chi connectivity index (χ3v) is 24.7. The number of primary amides is 1. The zero-order chi connectivity index (χ0) is 85.4. The molecule has 4 aromatic rings. The SMILES string of the molecule is CC(=O)CC1CSCc2cc3cc(c2)CSCC(CC(=O)C(CCCCN=C(N)N)NC(=O)C(Cc2ccc(O)cc2)CC(=O)C2CCN2C(=O)C(Cc2ccccc2)CC(=O)C(CO)NC1=O)C(=O)NC(C)CCC(Cc1cnc[nH]1)C(=O)NC(CCC(N)=O)C(=O)CC(CC(=O)O)C(=O)NC(CC(C)C)C(=O)CC(C(C)=O)CSC3. The monoisotopic (exact) mass is 1670 g/mol. The second-order valence-electron chi connectivity index (χ2n) is 31.6. The first-order chi connectivity index (χ1) is 55.7. The number of aliphatic hydroxyl groups excluding tert-OH is 1. The van der Waals surface area contributed by atoms with Gasteiger partial charge in [0.25, 0.3) is 0 Å². The number of guanidine groups is 1. The minimum absolute atomic E-state index is 0.00392. The summed E-state index contributed by atoms with van der Waals surface area (Å²) in [5.74, 6) is -17.6. The Morgan fingerprint density at radius 1 is 0.581 bits per heavy atom. The number of aromatic amines is 1. The van der Waals surface area contributed by atoms with E-state index in [0.29, 0.717) is 23.2 Å². The number of imidazole rings is 1. The number of thioether (sulfide) groups is 3. The molecule has 1 aromatic heterocycles. The molecular weight excluding hydrogens is 1560 g/mol. The Morgan fingerprint density at radius 3 is 1.73 bits per heavy atom. The zero-order valence-electron chi connectivity index (χ0n) is 67.2. The number of nitrogens with two attached hydrogens (primary N) is 3. The maximum absolute atomic E-state index is 15.5. The van der Waals surface area contributed by atoms with Gasteiger partial charge < -0.3 is 73.8 Å². The molecule has 33 heteroatoms. The fraction of sp³-hybridized carbons (Fsp3) is 0.560. The van der Waals surface area contributed by atoms with Crippen LogP contribution < -0.4 is 43.8 Å². The molecule has 15 N–H and O–H groups in total. The number of H-pyrrole nitrogens is 1. The summed E-state index contributed by atoms with van der Waals surface area (Å²) in [4.78, 5) is 227. The van der Waals surface area contributed by atoms with Gasteiger partial charge in [0.2, 0.25) is 41.4 Å². The molecule has 4 heterocycles. The van der Waals surface area contributed by atoms with E-state index in [9.17, 15) is 68.1 Å². The minimum Gasteiger partial charge on any atom is -0.508 e. The summed E-state index contributed by atoms with van der Waals surface area (Å²) in [5.41, 5.74) is 20.9. The van der Waals surface area contributed by atoms with E-state index in [1.165, 1.54) is 78.7 Å². The standard InChI is InChI=1S/C84H114N12O18S3/c1-48(2)25-68-73(103)36-61(51(5)99)44-115-41-54-27-55-29-56(28-54)43-117-46-63(81(112)91-49(3)14-17-57(32-64-39-88-47-90-64)78(109)93-67(20-21-76(85)106)71(101)33-59(38-77(107)108)80(111)94-68)37-72(102)66(13-9-10-23-89-84(86)87)92-79(110)58(30-53-15-18-65(100)19-16-53)34-75(105)70-22-24-96(70)83(114)60(31-52-11-7-6-8-12-52)35-74(104)69(40-97)95-82(113)62(26-50(4)98)45-116-42-55/h6-8,11-12,15-16,18-19,27-29,39,47-49,57-63,66-70,97,100H,9-10,13-14,17,20-26,30-38,40-46H2,1-5H3,(H2,85,106)(H,88,90)(H,91,112)(H,92,110)(H,93,109)(H,94,111)(H,95,113)(H,107,108)(H4,86,87,89). The molecule has 7 amide bonds. The minimum atomic E-state index is -1.58. The van der Waals surface area contributed by atoms with Gasteiger partial charge in [-0.2, -0.15) is 35.3 Å². The predicted octanol–water partition coefficient (Wildman–Crippen LogP) is 5.30. The van der Waals surface area contributed by atoms with Gasteiger partial charge in [-0.25, -0.2) is 4.98 Å². The number of hydrogen-bond donors (Lipinski definition) is 12. The molecule has 30 nitrogen and oxygen atoms in total. The second-order valence-corrected chi connectivity index (χ2v) is 34.7. The lowest BCUT2D eigenvalue weighted by Crippen LogP contribution is -2.58. The fourth-order valence-electron chi connectivity index (χ4n) is 14.7. The Hall–Kier alpha value is -9.60. The maximum atomic E-state index is 15.5. The molecule has 3 aliphatic rings. The number of aliphatic carboxylic acids is 1. The molecule has 7 rings (SSSR count). The first kappa shape index (κ1) is 94.5. The third kappa shape index (κ3) is 32.0. The number of unbranched alkanes of at least 4 members (excludes halogenated alkanes) is 1. The van der Waals surface area contributed by atoms with Crippen molar-refractivity contribution in [1.29, 1.82) is 0 Å². The molecule has 1 saturated heterocycles. The second kappa shape index (κ2) is 47.7. The van der Waals surface area contributed by atoms with Gasteiger partial charge >= 0.3 is 5.97 Å². The van der Waals surface area contributed by atoms with Crippen molar-refractivity contribution in [2.75, 3.05) is 37.0 Å². The summed E-state index contributed by atoms with van der Waals surface area (Å²) < 4.78 is 0. The molecule has 13 atom stereocenters. The number of aromatic hydroxyl groups is 1. The highest BCUT2D eigenvalue weighted by Crippen LogP contribution is 2.32. The van der Waals surface area contributed by atoms with Crippen molar-refractivity contribution in [3.63, 3.8) is 0 Å². The number of aliphatic hydroxyl groups is 1. The number of aromatic nitrogens is 2. The summed E-state index contributed by atoms with van der Waals surface area (Å²) in [7, 11) is 0. The van der Waals surface area contributed by atoms with E-state index in [0.717, 1.165) is 16.7 Å². The number of phenols is 1. The Bertz CT molecular complexity index is 4150. The Kier molecular flexibility index (Phi) is 38.6. The van der Waals surface area contributed by atoms with Crippen molar-refractivity contribution in [2.24, 2.45) is 69.5 Å². The number of ketones is 7. The summed E-state index contributed by atoms with van der Waals surface area (Å²) in [6, 6.07) is 13.4. The number of benzene rings is 3. The summed E-state index contributed by atoms with van der Waals surface area (Å²) >= 11 is 3.98. The van der Waals surface area contributed by atoms with Gasteiger partial charge in [0, 0.05) is 141 Å². The molecule has 117 heavy (non-hydrogen) atoms. The lowest BCUT2D eigenvalue weighted by Gasteiger charge is -2.42. The van der Waals surface area contributed by atoms with Crippen LogP contribution in [0.15, 0.2) is 90.3 Å². The number of carbonyl (C=O) groups is 15. The van der Waals surface area contributed by atoms with Gasteiger partial charge in [-0.15, -0.1) is 0 Å². The molecular formula is C84H114N12O18S3. The van der Waals surface area contributed by atoms with Crippen molar-refractivity contribution in [3.05, 3.63) is 119 Å². The molecule has 4 bridgehead atoms. The van der Waals surface area contributed by atoms with Crippen LogP contribution in [0.4, 0.5) is 0 Å². The van der Waals surface area contributed by atoms with E-state index in [4.69, 9.17) is 17.2 Å². The zero-order valence-corrected chi connectivity index (χ0v) is 69.7. The number of Topliss-reactive ketones (excluding diaryl/α,β-unsaturated/α-hetero) is 7. The lowest BCUT2D eigenvalue weighted by atomic mass is 9.85. The van der Waals surface area contributed by atoms with Crippen LogP contribution in [0.3, 0.4) is 0 Å². The van der Waals surface area contributed by atoms with E-state index in [-0.39, 0.29) is 154 Å². The Balaban J connectivity index is 1.34. The van der Waals surface area contributed by atoms with Gasteiger partial charge in [0.1, 0.15) is 23.4 Å². The van der Waals surface area contributed by atoms with Crippen molar-refractivity contribution in [2.45, 2.75) is 210 Å². The van der Waals surface area contributed by atoms with Crippen LogP contribution in [0.2, 0.25) is 0 Å². The molecule has 0 spiro atoms. The van der Waals surface area contributed by atoms with Crippen LogP contribution >= 0.6 is 35.3 Å². The summed E-state index contributed by atoms with van der Waals surface area (Å²) in [6.07, 6.45) is -0.349. The number of fused-ring (bicyclic) bond motifs is 6. The maximum Gasteiger partial charge on any atom is 0.304 e. The average molecular weight is 1680 g/mol. The van der Waals surface area contributed by atoms with E-state index in [1.54, 1.807) is 63.2 Å². The molecule has 3 aromatic carbocycles. The highest BCUT2D eigenvalue weighted by atomic mass is 32.2. The van der Waals surface area contributed by atoms with Crippen molar-refractivity contribution < 1.29 is 87.2 Å². The fourth-order valence-corrected chi connectivity index (χ4v) is 18.0. The van der Waals surface area contributed by atoms with Crippen molar-refractivity contribution in [3.8, 4) is 5.75 Å². The number of amides is 7. The molecule has 0 radical (unpaired) electrons. The molecule has 1 fully saturated rings. The van der Waals surface area contributed by atoms with Gasteiger partial charge in [-0.3, -0.25) is 72.1 Å². The lowest BCUT2D eigenvalue weighted by molar-refractivity contribution is -0.151. The topological polar surface area (TPSA) is 499 Å². The van der Waals surface area contributed by atoms with Crippen LogP contribution in [0, 0.1) is 47.3 Å². The quantitative estimate of drug-likeness (QED) is 0.0270. The van der Waals surface area contributed by atoms with Crippen LogP contribution in [-0.2, 0) is 108 Å². The van der Waals surface area contributed by atoms with Gasteiger partial charge in [0.05, 0.1) is 61.3 Å². The molecule has 13 unspecified atom stereocenters. The van der Waals surface area contributed by atoms with Gasteiger partial charge in [-0.1, -0.05) is 74.5 Å². The number of carbonyl (C=O) groups excluding carboxylic acids is 14. The number of carboxylic acid groups (broad SMARTS) is 1. The first-order valence-electron chi connectivity index (χ1n) is 40.0. The first-order valence-corrected chi connectivity index (χ1v) is 43.4. The molecule has 636 valence electrons. The van der Waals surface area contributed by atoms with Gasteiger partial charge in [-0.05, 0) is 131 Å². The van der Waals surface area contributed by atoms with Crippen LogP contribution in [-0.4, -0.2) is 197 Å².